The van der Waals surface area contributed by atoms with Gasteiger partial charge in [-0.25, -0.2) is 4.79 Å². The number of benzene rings is 1. The number of halogens is 1. The van der Waals surface area contributed by atoms with E-state index in [4.69, 9.17) is 14.0 Å². The van der Waals surface area contributed by atoms with Crippen LogP contribution in [0, 0.1) is 0 Å². The summed E-state index contributed by atoms with van der Waals surface area (Å²) >= 11 is 3.39. The average Bonchev–Trinajstić information content (AvgIpc) is 2.90. The van der Waals surface area contributed by atoms with Crippen LogP contribution in [0.25, 0.3) is 11.3 Å². The van der Waals surface area contributed by atoms with Gasteiger partial charge in [0.25, 0.3) is 0 Å². The number of methoxy groups -OCH3 is 2. The molecular formula is C14H14BrNO5. The molecule has 21 heavy (non-hydrogen) atoms. The van der Waals surface area contributed by atoms with Crippen LogP contribution in [0.2, 0.25) is 0 Å². The van der Waals surface area contributed by atoms with Crippen molar-refractivity contribution >= 4 is 21.9 Å². The van der Waals surface area contributed by atoms with E-state index in [0.29, 0.717) is 33.7 Å². The minimum absolute atomic E-state index is 0.0606. The van der Waals surface area contributed by atoms with Gasteiger partial charge in [0.05, 0.1) is 14.2 Å². The maximum absolute atomic E-state index is 11.5. The topological polar surface area (TPSA) is 81.8 Å². The second kappa shape index (κ2) is 6.17. The van der Waals surface area contributed by atoms with Crippen molar-refractivity contribution in [1.29, 1.82) is 0 Å². The third-order valence-electron chi connectivity index (χ3n) is 3.03. The summed E-state index contributed by atoms with van der Waals surface area (Å²) in [5.41, 5.74) is 0.881. The second-order valence-electron chi connectivity index (χ2n) is 4.18. The summed E-state index contributed by atoms with van der Waals surface area (Å²) < 4.78 is 16.2. The first-order valence-electron chi connectivity index (χ1n) is 6.17. The van der Waals surface area contributed by atoms with Crippen LogP contribution in [0.4, 0.5) is 0 Å². The molecule has 0 radical (unpaired) electrons. The van der Waals surface area contributed by atoms with Gasteiger partial charge >= 0.3 is 5.97 Å². The molecule has 1 aromatic heterocycles. The number of hydrogen-bond acceptors (Lipinski definition) is 5. The summed E-state index contributed by atoms with van der Waals surface area (Å²) in [6.45, 7) is 1.81. The highest BCUT2D eigenvalue weighted by molar-refractivity contribution is 9.10. The number of aryl methyl sites for hydroxylation is 1. The number of carbonyl (C=O) groups is 1. The van der Waals surface area contributed by atoms with Crippen molar-refractivity contribution < 1.29 is 23.9 Å². The average molecular weight is 356 g/mol. The highest BCUT2D eigenvalue weighted by Crippen LogP contribution is 2.39. The van der Waals surface area contributed by atoms with Gasteiger partial charge in [0.1, 0.15) is 11.3 Å². The molecule has 2 aromatic rings. The zero-order chi connectivity index (χ0) is 15.6. The van der Waals surface area contributed by atoms with E-state index < -0.39 is 5.97 Å². The fourth-order valence-corrected chi connectivity index (χ4v) is 2.52. The standard InChI is InChI=1S/C14H14BrNO5/c1-4-9-12(14(17)18)13(16-21-9)7-5-10(19-2)11(20-3)6-8(7)15/h5-6H,4H2,1-3H3,(H,17,18). The Morgan fingerprint density at radius 3 is 2.48 bits per heavy atom. The van der Waals surface area contributed by atoms with Crippen LogP contribution in [-0.4, -0.2) is 30.5 Å². The number of aromatic nitrogens is 1. The summed E-state index contributed by atoms with van der Waals surface area (Å²) in [5.74, 6) is 0.265. The molecule has 0 aliphatic carbocycles. The lowest BCUT2D eigenvalue weighted by molar-refractivity contribution is 0.0695. The van der Waals surface area contributed by atoms with Crippen LogP contribution in [0.5, 0.6) is 11.5 Å². The smallest absolute Gasteiger partial charge is 0.341 e. The third-order valence-corrected chi connectivity index (χ3v) is 3.68. The molecule has 0 amide bonds. The number of carboxylic acids is 1. The summed E-state index contributed by atoms with van der Waals surface area (Å²) in [6.07, 6.45) is 0.444. The van der Waals surface area contributed by atoms with Crippen molar-refractivity contribution in [3.8, 4) is 22.8 Å². The van der Waals surface area contributed by atoms with Gasteiger partial charge in [0.15, 0.2) is 17.3 Å². The third kappa shape index (κ3) is 2.73. The van der Waals surface area contributed by atoms with E-state index >= 15 is 0 Å². The van der Waals surface area contributed by atoms with Gasteiger partial charge in [0, 0.05) is 16.5 Å². The Kier molecular flexibility index (Phi) is 4.52. The van der Waals surface area contributed by atoms with E-state index in [1.54, 1.807) is 19.1 Å². The van der Waals surface area contributed by atoms with Crippen LogP contribution >= 0.6 is 15.9 Å². The van der Waals surface area contributed by atoms with Crippen molar-refractivity contribution in [3.63, 3.8) is 0 Å². The quantitative estimate of drug-likeness (QED) is 0.885. The molecule has 0 saturated heterocycles. The first-order valence-corrected chi connectivity index (χ1v) is 6.96. The van der Waals surface area contributed by atoms with Crippen LogP contribution in [0.3, 0.4) is 0 Å². The predicted octanol–water partition coefficient (Wildman–Crippen LogP) is 3.38. The van der Waals surface area contributed by atoms with Crippen LogP contribution < -0.4 is 9.47 Å². The van der Waals surface area contributed by atoms with Crippen molar-refractivity contribution in [2.75, 3.05) is 14.2 Å². The zero-order valence-corrected chi connectivity index (χ0v) is 13.4. The molecule has 1 aromatic carbocycles. The summed E-state index contributed by atoms with van der Waals surface area (Å²) in [7, 11) is 3.03. The summed E-state index contributed by atoms with van der Waals surface area (Å²) in [4.78, 5) is 11.5. The van der Waals surface area contributed by atoms with E-state index in [1.165, 1.54) is 14.2 Å². The Morgan fingerprint density at radius 1 is 1.33 bits per heavy atom. The number of hydrogen-bond donors (Lipinski definition) is 1. The lowest BCUT2D eigenvalue weighted by Crippen LogP contribution is -2.01. The molecule has 1 N–H and O–H groups in total. The molecule has 1 heterocycles. The molecule has 0 atom stereocenters. The highest BCUT2D eigenvalue weighted by Gasteiger charge is 2.25. The van der Waals surface area contributed by atoms with Crippen molar-refractivity contribution in [2.24, 2.45) is 0 Å². The van der Waals surface area contributed by atoms with Gasteiger partial charge < -0.3 is 19.1 Å². The predicted molar refractivity (Wildman–Crippen MR) is 79.1 cm³/mol. The molecule has 0 aliphatic heterocycles. The number of ether oxygens (including phenoxy) is 2. The van der Waals surface area contributed by atoms with Crippen LogP contribution in [0.1, 0.15) is 23.0 Å². The molecule has 0 bridgehead atoms. The first kappa shape index (κ1) is 15.4. The van der Waals surface area contributed by atoms with E-state index in [2.05, 4.69) is 21.1 Å². The molecule has 0 spiro atoms. The van der Waals surface area contributed by atoms with Gasteiger partial charge in [-0.05, 0) is 28.1 Å². The Balaban J connectivity index is 2.67. The summed E-state index contributed by atoms with van der Waals surface area (Å²) in [6, 6.07) is 3.35. The molecule has 112 valence electrons. The molecule has 0 aliphatic rings. The van der Waals surface area contributed by atoms with Crippen molar-refractivity contribution in [2.45, 2.75) is 13.3 Å². The van der Waals surface area contributed by atoms with Crippen LogP contribution in [0.15, 0.2) is 21.1 Å². The highest BCUT2D eigenvalue weighted by atomic mass is 79.9. The minimum Gasteiger partial charge on any atom is -0.493 e. The first-order chi connectivity index (χ1) is 10.0. The second-order valence-corrected chi connectivity index (χ2v) is 5.03. The molecule has 7 heteroatoms. The van der Waals surface area contributed by atoms with Crippen LogP contribution in [-0.2, 0) is 6.42 Å². The lowest BCUT2D eigenvalue weighted by atomic mass is 10.0. The van der Waals surface area contributed by atoms with Gasteiger partial charge in [-0.15, -0.1) is 0 Å². The molecule has 0 saturated carbocycles. The van der Waals surface area contributed by atoms with Gasteiger partial charge in [-0.2, -0.15) is 0 Å². The fourth-order valence-electron chi connectivity index (χ4n) is 2.01. The Hall–Kier alpha value is -2.02. The fraction of sp³-hybridized carbons (Fsp3) is 0.286. The van der Waals surface area contributed by atoms with Crippen molar-refractivity contribution in [3.05, 3.63) is 27.9 Å². The Bertz CT molecular complexity index is 680. The van der Waals surface area contributed by atoms with E-state index in [1.807, 2.05) is 0 Å². The molecule has 0 unspecified atom stereocenters. The molecular weight excluding hydrogens is 342 g/mol. The maximum Gasteiger partial charge on any atom is 0.341 e. The van der Waals surface area contributed by atoms with E-state index in [9.17, 15) is 9.90 Å². The summed E-state index contributed by atoms with van der Waals surface area (Å²) in [5, 5.41) is 13.3. The van der Waals surface area contributed by atoms with Gasteiger partial charge in [-0.1, -0.05) is 12.1 Å². The maximum atomic E-state index is 11.5. The minimum atomic E-state index is -1.08. The molecule has 6 nitrogen and oxygen atoms in total. The normalized spacial score (nSPS) is 10.5. The van der Waals surface area contributed by atoms with Crippen molar-refractivity contribution in [1.82, 2.24) is 5.16 Å². The monoisotopic (exact) mass is 355 g/mol. The SMILES string of the molecule is CCc1onc(-c2cc(OC)c(OC)cc2Br)c1C(=O)O. The lowest BCUT2D eigenvalue weighted by Gasteiger charge is -2.10. The Labute approximate surface area is 129 Å². The van der Waals surface area contributed by atoms with Gasteiger partial charge in [0.2, 0.25) is 0 Å². The Morgan fingerprint density at radius 2 is 1.95 bits per heavy atom. The number of carboxylic acid groups (broad SMARTS) is 1. The number of aromatic carboxylic acids is 1. The van der Waals surface area contributed by atoms with Gasteiger partial charge in [-0.3, -0.25) is 0 Å². The largest absolute Gasteiger partial charge is 0.493 e. The van der Waals surface area contributed by atoms with E-state index in [0.717, 1.165) is 0 Å². The number of nitrogens with zero attached hydrogens (tertiary/aromatic N) is 1. The molecule has 2 rings (SSSR count). The number of rotatable bonds is 5. The van der Waals surface area contributed by atoms with E-state index in [-0.39, 0.29) is 11.3 Å². The molecule has 0 fully saturated rings. The zero-order valence-electron chi connectivity index (χ0n) is 11.8.